The lowest BCUT2D eigenvalue weighted by atomic mass is 10.1. The molecule has 0 heterocycles. The Morgan fingerprint density at radius 2 is 1.47 bits per heavy atom. The number of hydrogen-bond donors (Lipinski definition) is 1. The van der Waals surface area contributed by atoms with Crippen LogP contribution in [0.25, 0.3) is 0 Å². The first-order chi connectivity index (χ1) is 9.31. The summed E-state index contributed by atoms with van der Waals surface area (Å²) >= 11 is 3.38. The summed E-state index contributed by atoms with van der Waals surface area (Å²) in [5.41, 5.74) is 4.92. The maximum absolute atomic E-state index is 11.9. The monoisotopic (exact) mass is 316 g/mol. The Morgan fingerprint density at radius 3 is 2.00 bits per heavy atom. The van der Waals surface area contributed by atoms with Gasteiger partial charge in [-0.25, -0.2) is 5.43 Å². The smallest absolute Gasteiger partial charge is 0.267 e. The third-order valence-electron chi connectivity index (χ3n) is 2.56. The van der Waals surface area contributed by atoms with E-state index in [2.05, 4.69) is 26.5 Å². The van der Waals surface area contributed by atoms with Crippen LogP contribution >= 0.6 is 15.9 Å². The van der Waals surface area contributed by atoms with E-state index in [9.17, 15) is 4.79 Å². The molecule has 0 aliphatic heterocycles. The van der Waals surface area contributed by atoms with Crippen molar-refractivity contribution in [1.29, 1.82) is 0 Å². The highest BCUT2D eigenvalue weighted by molar-refractivity contribution is 9.09. The maximum atomic E-state index is 11.9. The molecule has 0 aromatic heterocycles. The molecule has 96 valence electrons. The van der Waals surface area contributed by atoms with Gasteiger partial charge in [0.15, 0.2) is 0 Å². The van der Waals surface area contributed by atoms with Crippen molar-refractivity contribution in [2.24, 2.45) is 5.10 Å². The molecule has 0 aliphatic rings. The van der Waals surface area contributed by atoms with Gasteiger partial charge in [0.2, 0.25) is 0 Å². The highest BCUT2D eigenvalue weighted by Crippen LogP contribution is 2.04. The summed E-state index contributed by atoms with van der Waals surface area (Å²) in [4.78, 5) is 11.9. The van der Waals surface area contributed by atoms with E-state index in [1.807, 2.05) is 48.5 Å². The van der Waals surface area contributed by atoms with Gasteiger partial charge < -0.3 is 0 Å². The number of hydrogen-bond acceptors (Lipinski definition) is 2. The van der Waals surface area contributed by atoms with Crippen LogP contribution in [0.3, 0.4) is 0 Å². The van der Waals surface area contributed by atoms with Crippen molar-refractivity contribution in [3.05, 3.63) is 71.8 Å². The molecule has 0 spiro atoms. The van der Waals surface area contributed by atoms with Crippen LogP contribution in [0.4, 0.5) is 0 Å². The molecule has 0 fully saturated rings. The second kappa shape index (κ2) is 6.85. The fraction of sp³-hybridized carbons (Fsp3) is 0.0667. The van der Waals surface area contributed by atoms with Gasteiger partial charge in [0, 0.05) is 10.9 Å². The predicted octanol–water partition coefficient (Wildman–Crippen LogP) is 3.22. The summed E-state index contributed by atoms with van der Waals surface area (Å²) in [6.07, 6.45) is 0. The summed E-state index contributed by atoms with van der Waals surface area (Å²) in [6.45, 7) is 0. The Bertz CT molecular complexity index is 567. The van der Waals surface area contributed by atoms with Crippen molar-refractivity contribution in [2.45, 2.75) is 0 Å². The molecule has 1 amide bonds. The number of hydrazone groups is 1. The highest BCUT2D eigenvalue weighted by Gasteiger charge is 2.05. The van der Waals surface area contributed by atoms with Crippen LogP contribution in [0, 0.1) is 0 Å². The van der Waals surface area contributed by atoms with E-state index >= 15 is 0 Å². The lowest BCUT2D eigenvalue weighted by Crippen LogP contribution is -2.20. The Balaban J connectivity index is 2.11. The molecule has 0 bridgehead atoms. The minimum absolute atomic E-state index is 0.213. The fourth-order valence-corrected chi connectivity index (χ4v) is 2.02. The molecule has 2 rings (SSSR count). The Labute approximate surface area is 120 Å². The first-order valence-electron chi connectivity index (χ1n) is 5.84. The van der Waals surface area contributed by atoms with Gasteiger partial charge in [0.25, 0.3) is 5.91 Å². The SMILES string of the molecule is O=C(N/N=C(\CBr)c1ccccc1)c1ccccc1. The van der Waals surface area contributed by atoms with E-state index < -0.39 is 0 Å². The second-order valence-corrected chi connectivity index (χ2v) is 4.43. The zero-order valence-corrected chi connectivity index (χ0v) is 11.8. The zero-order chi connectivity index (χ0) is 13.5. The molecule has 3 nitrogen and oxygen atoms in total. The normalized spacial score (nSPS) is 11.1. The topological polar surface area (TPSA) is 41.5 Å². The summed E-state index contributed by atoms with van der Waals surface area (Å²) in [7, 11) is 0. The predicted molar refractivity (Wildman–Crippen MR) is 80.7 cm³/mol. The first kappa shape index (κ1) is 13.5. The van der Waals surface area contributed by atoms with Gasteiger partial charge in [-0.2, -0.15) is 5.10 Å². The summed E-state index contributed by atoms with van der Waals surface area (Å²) in [5.74, 6) is -0.213. The minimum atomic E-state index is -0.213. The van der Waals surface area contributed by atoms with Gasteiger partial charge in [0.1, 0.15) is 0 Å². The Hall–Kier alpha value is -1.94. The summed E-state index contributed by atoms with van der Waals surface area (Å²) in [6, 6.07) is 18.7. The molecule has 0 saturated carbocycles. The van der Waals surface area contributed by atoms with E-state index in [-0.39, 0.29) is 5.91 Å². The average molecular weight is 317 g/mol. The molecule has 0 unspecified atom stereocenters. The second-order valence-electron chi connectivity index (χ2n) is 3.87. The lowest BCUT2D eigenvalue weighted by molar-refractivity contribution is 0.0955. The number of carbonyl (C=O) groups excluding carboxylic acids is 1. The largest absolute Gasteiger partial charge is 0.271 e. The van der Waals surface area contributed by atoms with Gasteiger partial charge in [-0.05, 0) is 17.7 Å². The van der Waals surface area contributed by atoms with Gasteiger partial charge >= 0.3 is 0 Å². The standard InChI is InChI=1S/C15H13BrN2O/c16-11-14(12-7-3-1-4-8-12)17-18-15(19)13-9-5-2-6-10-13/h1-10H,11H2,(H,18,19)/b17-14+. The molecule has 0 radical (unpaired) electrons. The molecular weight excluding hydrogens is 304 g/mol. The van der Waals surface area contributed by atoms with Crippen LogP contribution < -0.4 is 5.43 Å². The number of benzene rings is 2. The number of nitrogens with zero attached hydrogens (tertiary/aromatic N) is 1. The number of amides is 1. The van der Waals surface area contributed by atoms with Gasteiger partial charge in [-0.15, -0.1) is 0 Å². The Morgan fingerprint density at radius 1 is 0.947 bits per heavy atom. The highest BCUT2D eigenvalue weighted by atomic mass is 79.9. The van der Waals surface area contributed by atoms with E-state index in [1.54, 1.807) is 12.1 Å². The summed E-state index contributed by atoms with van der Waals surface area (Å²) in [5, 5.41) is 4.73. The van der Waals surface area contributed by atoms with Crippen molar-refractivity contribution >= 4 is 27.5 Å². The lowest BCUT2D eigenvalue weighted by Gasteiger charge is -2.04. The van der Waals surface area contributed by atoms with Crippen LogP contribution in [-0.2, 0) is 0 Å². The van der Waals surface area contributed by atoms with E-state index in [0.717, 1.165) is 11.3 Å². The van der Waals surface area contributed by atoms with E-state index in [4.69, 9.17) is 0 Å². The third kappa shape index (κ3) is 3.76. The quantitative estimate of drug-likeness (QED) is 0.525. The van der Waals surface area contributed by atoms with Crippen LogP contribution in [-0.4, -0.2) is 16.9 Å². The molecule has 2 aromatic rings. The third-order valence-corrected chi connectivity index (χ3v) is 3.09. The van der Waals surface area contributed by atoms with Gasteiger partial charge in [0.05, 0.1) is 5.71 Å². The van der Waals surface area contributed by atoms with Crippen molar-refractivity contribution in [3.63, 3.8) is 0 Å². The van der Waals surface area contributed by atoms with Crippen LogP contribution in [0.2, 0.25) is 0 Å². The van der Waals surface area contributed by atoms with E-state index in [0.29, 0.717) is 10.9 Å². The van der Waals surface area contributed by atoms with Crippen molar-refractivity contribution in [2.75, 3.05) is 5.33 Å². The molecule has 19 heavy (non-hydrogen) atoms. The molecule has 2 aromatic carbocycles. The first-order valence-corrected chi connectivity index (χ1v) is 6.96. The maximum Gasteiger partial charge on any atom is 0.271 e. The number of halogens is 1. The number of rotatable bonds is 4. The zero-order valence-electron chi connectivity index (χ0n) is 10.2. The molecule has 0 aliphatic carbocycles. The van der Waals surface area contributed by atoms with Gasteiger partial charge in [-0.1, -0.05) is 64.5 Å². The minimum Gasteiger partial charge on any atom is -0.267 e. The molecular formula is C15H13BrN2O. The average Bonchev–Trinajstić information content (AvgIpc) is 2.49. The summed E-state index contributed by atoms with van der Waals surface area (Å²) < 4.78 is 0. The molecule has 0 atom stereocenters. The Kier molecular flexibility index (Phi) is 4.86. The van der Waals surface area contributed by atoms with Crippen LogP contribution in [0.5, 0.6) is 0 Å². The fourth-order valence-electron chi connectivity index (χ4n) is 1.57. The van der Waals surface area contributed by atoms with Crippen LogP contribution in [0.1, 0.15) is 15.9 Å². The van der Waals surface area contributed by atoms with Crippen molar-refractivity contribution in [1.82, 2.24) is 5.43 Å². The van der Waals surface area contributed by atoms with Crippen molar-refractivity contribution in [3.8, 4) is 0 Å². The van der Waals surface area contributed by atoms with E-state index in [1.165, 1.54) is 0 Å². The van der Waals surface area contributed by atoms with Crippen LogP contribution in [0.15, 0.2) is 65.8 Å². The molecule has 4 heteroatoms. The van der Waals surface area contributed by atoms with Gasteiger partial charge in [-0.3, -0.25) is 4.79 Å². The molecule has 1 N–H and O–H groups in total. The number of nitrogens with one attached hydrogen (secondary N) is 1. The molecule has 0 saturated heterocycles. The van der Waals surface area contributed by atoms with Crippen molar-refractivity contribution < 1.29 is 4.79 Å². The number of alkyl halides is 1. The number of carbonyl (C=O) groups is 1.